The number of ether oxygens (including phenoxy) is 1. The van der Waals surface area contributed by atoms with Gasteiger partial charge >= 0.3 is 6.01 Å². The predicted octanol–water partition coefficient (Wildman–Crippen LogP) is 6.33. The lowest BCUT2D eigenvalue weighted by atomic mass is 9.95. The smallest absolute Gasteiger partial charge is 0.319 e. The number of aromatic nitrogens is 3. The molecule has 2 aromatic carbocycles. The molecule has 8 nitrogen and oxygen atoms in total. The minimum absolute atomic E-state index is 0.0103. The fourth-order valence-corrected chi connectivity index (χ4v) is 7.52. The fraction of sp³-hybridized carbons (Fsp3) is 0.394. The Labute approximate surface area is 277 Å². The van der Waals surface area contributed by atoms with Gasteiger partial charge in [0.1, 0.15) is 35.6 Å². The van der Waals surface area contributed by atoms with Crippen LogP contribution in [0.2, 0.25) is 5.02 Å². The molecule has 0 spiro atoms. The number of allylic oxidation sites excluding steroid dienone is 1. The van der Waals surface area contributed by atoms with Crippen molar-refractivity contribution in [2.45, 2.75) is 31.0 Å². The predicted molar refractivity (Wildman–Crippen MR) is 175 cm³/mol. The molecule has 7 rings (SSSR count). The van der Waals surface area contributed by atoms with Crippen molar-refractivity contribution >= 4 is 60.9 Å². The van der Waals surface area contributed by atoms with Gasteiger partial charge in [-0.05, 0) is 36.9 Å². The van der Waals surface area contributed by atoms with E-state index >= 15 is 4.39 Å². The van der Waals surface area contributed by atoms with Crippen molar-refractivity contribution in [1.29, 1.82) is 0 Å². The molecule has 0 bridgehead atoms. The third-order valence-corrected chi connectivity index (χ3v) is 10.0. The molecule has 3 fully saturated rings. The van der Waals surface area contributed by atoms with E-state index in [-0.39, 0.29) is 34.8 Å². The maximum absolute atomic E-state index is 16.6. The molecule has 3 saturated heterocycles. The Morgan fingerprint density at radius 1 is 1.13 bits per heavy atom. The highest BCUT2D eigenvalue weighted by Gasteiger charge is 2.49. The van der Waals surface area contributed by atoms with Crippen molar-refractivity contribution in [2.75, 3.05) is 56.1 Å². The standard InChI is InChI=1S/C33H31BrClF3N6O2/c34-10-2-6-25(45)42-12-14-43(15-13-42)31-23-17-39-29(22-5-1-4-20-7-8-24(37)27(35)26(20)22)28(38)30(23)40-32(41-31)46-19-33-9-3-11-44(33)18-21(36)16-33/h1-2,4-8,17,21H,3,9-16,18-19H2/b6-2+/t21-,33+/m1/s1. The van der Waals surface area contributed by atoms with Crippen LogP contribution in [-0.2, 0) is 4.79 Å². The Kier molecular flexibility index (Phi) is 8.54. The Morgan fingerprint density at radius 2 is 1.96 bits per heavy atom. The highest BCUT2D eigenvalue weighted by Crippen LogP contribution is 2.41. The molecule has 5 heterocycles. The van der Waals surface area contributed by atoms with E-state index in [2.05, 4.69) is 30.8 Å². The third-order valence-electron chi connectivity index (χ3n) is 9.31. The quantitative estimate of drug-likeness (QED) is 0.164. The molecule has 0 saturated carbocycles. The summed E-state index contributed by atoms with van der Waals surface area (Å²) in [5.74, 6) is -0.996. The molecule has 240 valence electrons. The van der Waals surface area contributed by atoms with Crippen molar-refractivity contribution in [3.05, 3.63) is 65.3 Å². The number of hydrogen-bond acceptors (Lipinski definition) is 7. The molecule has 1 amide bonds. The minimum Gasteiger partial charge on any atom is -0.461 e. The normalized spacial score (nSPS) is 22.0. The summed E-state index contributed by atoms with van der Waals surface area (Å²) in [4.78, 5) is 32.2. The van der Waals surface area contributed by atoms with E-state index < -0.39 is 23.3 Å². The van der Waals surface area contributed by atoms with Gasteiger partial charge in [0.2, 0.25) is 5.91 Å². The van der Waals surface area contributed by atoms with Crippen LogP contribution in [0.25, 0.3) is 32.9 Å². The number of carbonyl (C=O) groups excluding carboxylic acids is 1. The summed E-state index contributed by atoms with van der Waals surface area (Å²) in [6.07, 6.45) is 5.99. The molecule has 4 aromatic rings. The molecule has 0 unspecified atom stereocenters. The van der Waals surface area contributed by atoms with Gasteiger partial charge in [0.25, 0.3) is 0 Å². The molecule has 13 heteroatoms. The number of piperazine rings is 1. The van der Waals surface area contributed by atoms with Crippen molar-refractivity contribution in [3.63, 3.8) is 0 Å². The zero-order chi connectivity index (χ0) is 32.0. The number of rotatable bonds is 7. The first-order chi connectivity index (χ1) is 22.3. The van der Waals surface area contributed by atoms with E-state index in [1.54, 1.807) is 41.3 Å². The lowest BCUT2D eigenvalue weighted by molar-refractivity contribution is -0.126. The van der Waals surface area contributed by atoms with Crippen LogP contribution in [0.4, 0.5) is 19.0 Å². The van der Waals surface area contributed by atoms with Crippen LogP contribution in [0.3, 0.4) is 0 Å². The van der Waals surface area contributed by atoms with Gasteiger partial charge in [0.05, 0.1) is 15.9 Å². The summed E-state index contributed by atoms with van der Waals surface area (Å²) >= 11 is 9.68. The first-order valence-corrected chi connectivity index (χ1v) is 16.8. The second kappa shape index (κ2) is 12.6. The average molecular weight is 716 g/mol. The first kappa shape index (κ1) is 31.1. The number of alkyl halides is 2. The number of hydrogen-bond donors (Lipinski definition) is 0. The maximum Gasteiger partial charge on any atom is 0.319 e. The van der Waals surface area contributed by atoms with Crippen molar-refractivity contribution in [2.24, 2.45) is 0 Å². The van der Waals surface area contributed by atoms with Crippen molar-refractivity contribution in [1.82, 2.24) is 24.8 Å². The van der Waals surface area contributed by atoms with Crippen LogP contribution in [0, 0.1) is 11.6 Å². The molecular formula is C33H31BrClF3N6O2. The largest absolute Gasteiger partial charge is 0.461 e. The fourth-order valence-electron chi connectivity index (χ4n) is 7.06. The highest BCUT2D eigenvalue weighted by molar-refractivity contribution is 9.09. The van der Waals surface area contributed by atoms with Gasteiger partial charge in [-0.1, -0.05) is 57.9 Å². The van der Waals surface area contributed by atoms with Gasteiger partial charge in [-0.25, -0.2) is 13.2 Å². The molecule has 2 atom stereocenters. The lowest BCUT2D eigenvalue weighted by Gasteiger charge is -2.35. The van der Waals surface area contributed by atoms with E-state index in [0.717, 1.165) is 19.4 Å². The van der Waals surface area contributed by atoms with Gasteiger partial charge in [-0.3, -0.25) is 14.7 Å². The number of halogens is 5. The first-order valence-electron chi connectivity index (χ1n) is 15.3. The Balaban J connectivity index is 1.29. The number of carbonyl (C=O) groups is 1. The second-order valence-electron chi connectivity index (χ2n) is 12.0. The number of anilines is 1. The van der Waals surface area contributed by atoms with Crippen LogP contribution < -0.4 is 9.64 Å². The highest BCUT2D eigenvalue weighted by atomic mass is 79.9. The summed E-state index contributed by atoms with van der Waals surface area (Å²) in [6.45, 7) is 3.13. The van der Waals surface area contributed by atoms with E-state index in [1.807, 2.05) is 4.90 Å². The molecule has 0 aliphatic carbocycles. The van der Waals surface area contributed by atoms with Crippen LogP contribution >= 0.6 is 27.5 Å². The molecule has 0 N–H and O–H groups in total. The zero-order valence-corrected chi connectivity index (χ0v) is 27.2. The maximum atomic E-state index is 16.6. The topological polar surface area (TPSA) is 74.7 Å². The number of nitrogens with zero attached hydrogens (tertiary/aromatic N) is 6. The second-order valence-corrected chi connectivity index (χ2v) is 13.0. The average Bonchev–Trinajstić information content (AvgIpc) is 3.60. The minimum atomic E-state index is -0.927. The van der Waals surface area contributed by atoms with Crippen LogP contribution in [0.15, 0.2) is 48.7 Å². The molecule has 0 radical (unpaired) electrons. The molecule has 46 heavy (non-hydrogen) atoms. The molecular weight excluding hydrogens is 685 g/mol. The zero-order valence-electron chi connectivity index (χ0n) is 24.9. The van der Waals surface area contributed by atoms with E-state index in [1.165, 1.54) is 12.3 Å². The molecule has 3 aliphatic rings. The van der Waals surface area contributed by atoms with Gasteiger partial charge in [-0.2, -0.15) is 9.97 Å². The number of pyridine rings is 1. The van der Waals surface area contributed by atoms with E-state index in [4.69, 9.17) is 21.3 Å². The SMILES string of the molecule is O=C(/C=C/CBr)N1CCN(c2nc(OC[C@@]34CCCN3C[C@H](F)C4)nc3c(F)c(-c4cccc5ccc(F)c(Cl)c45)ncc23)CC1. The van der Waals surface area contributed by atoms with E-state index in [9.17, 15) is 13.6 Å². The number of amides is 1. The van der Waals surface area contributed by atoms with Gasteiger partial charge in [-0.15, -0.1) is 0 Å². The monoisotopic (exact) mass is 714 g/mol. The summed E-state index contributed by atoms with van der Waals surface area (Å²) in [7, 11) is 0. The van der Waals surface area contributed by atoms with Crippen molar-refractivity contribution in [3.8, 4) is 17.3 Å². The Hall–Kier alpha value is -3.48. The van der Waals surface area contributed by atoms with Crippen LogP contribution in [-0.4, -0.2) is 93.6 Å². The third kappa shape index (κ3) is 5.58. The molecule has 2 aromatic heterocycles. The van der Waals surface area contributed by atoms with Gasteiger partial charge in [0.15, 0.2) is 5.82 Å². The Morgan fingerprint density at radius 3 is 2.76 bits per heavy atom. The lowest BCUT2D eigenvalue weighted by Crippen LogP contribution is -2.48. The van der Waals surface area contributed by atoms with Crippen LogP contribution in [0.1, 0.15) is 19.3 Å². The van der Waals surface area contributed by atoms with Crippen LogP contribution in [0.5, 0.6) is 6.01 Å². The number of fused-ring (bicyclic) bond motifs is 3. The summed E-state index contributed by atoms with van der Waals surface area (Å²) in [5.41, 5.74) is -0.165. The van der Waals surface area contributed by atoms with Gasteiger partial charge in [0, 0.05) is 61.6 Å². The summed E-state index contributed by atoms with van der Waals surface area (Å²) in [5, 5.41) is 1.82. The summed E-state index contributed by atoms with van der Waals surface area (Å²) in [6, 6.07) is 7.98. The Bertz CT molecular complexity index is 1860. The van der Waals surface area contributed by atoms with Crippen molar-refractivity contribution < 1.29 is 22.7 Å². The summed E-state index contributed by atoms with van der Waals surface area (Å²) < 4.78 is 51.8. The van der Waals surface area contributed by atoms with Gasteiger partial charge < -0.3 is 14.5 Å². The number of benzene rings is 2. The van der Waals surface area contributed by atoms with E-state index in [0.29, 0.717) is 72.0 Å². The molecule has 3 aliphatic heterocycles.